The monoisotopic (exact) mass is 572 g/mol. The zero-order chi connectivity index (χ0) is 30.4. The summed E-state index contributed by atoms with van der Waals surface area (Å²) in [6.45, 7) is 6.04. The SMILES string of the molecule is CC(=O)NC1(c2ccc(F)cc2)CCN(Cc2oc3ccccc3c2C)CC1.O=C(O)CC(O)(CC(=O)O)C(=O)O. The van der Waals surface area contributed by atoms with Crippen LogP contribution in [0.15, 0.2) is 52.9 Å². The zero-order valence-corrected chi connectivity index (χ0v) is 22.7. The first-order chi connectivity index (χ1) is 19.2. The molecular formula is C29H33FN2O9. The second-order valence-corrected chi connectivity index (χ2v) is 10.2. The van der Waals surface area contributed by atoms with Gasteiger partial charge in [0.05, 0.1) is 24.9 Å². The average molecular weight is 573 g/mol. The van der Waals surface area contributed by atoms with Crippen molar-refractivity contribution in [3.8, 4) is 0 Å². The van der Waals surface area contributed by atoms with Crippen LogP contribution in [-0.4, -0.2) is 67.8 Å². The molecule has 0 radical (unpaired) electrons. The van der Waals surface area contributed by atoms with E-state index in [1.165, 1.54) is 24.6 Å². The largest absolute Gasteiger partial charge is 0.481 e. The number of furan rings is 1. The van der Waals surface area contributed by atoms with E-state index in [9.17, 15) is 23.6 Å². The Kier molecular flexibility index (Phi) is 9.84. The van der Waals surface area contributed by atoms with Gasteiger partial charge in [-0.2, -0.15) is 0 Å². The molecule has 1 aliphatic heterocycles. The minimum atomic E-state index is -2.74. The lowest BCUT2D eigenvalue weighted by Crippen LogP contribution is -2.52. The number of rotatable bonds is 9. The van der Waals surface area contributed by atoms with Gasteiger partial charge >= 0.3 is 17.9 Å². The predicted octanol–water partition coefficient (Wildman–Crippen LogP) is 3.26. The number of carboxylic acids is 3. The number of nitrogens with one attached hydrogen (secondary N) is 1. The standard InChI is InChI=1S/C23H25FN2O2.C6H8O7/c1-16-20-5-3-4-6-21(20)28-22(16)15-26-13-11-23(12-14-26,25-17(2)27)18-7-9-19(24)10-8-18;7-3(8)1-6(13,5(11)12)2-4(9)10/h3-10H,11-15H2,1-2H3,(H,25,27);13H,1-2H2,(H,7,8)(H,9,10)(H,11,12). The molecule has 1 aromatic heterocycles. The van der Waals surface area contributed by atoms with Crippen LogP contribution in [0.4, 0.5) is 4.39 Å². The fourth-order valence-corrected chi connectivity index (χ4v) is 4.98. The van der Waals surface area contributed by atoms with Crippen LogP contribution in [0.25, 0.3) is 11.0 Å². The molecule has 41 heavy (non-hydrogen) atoms. The molecule has 1 fully saturated rings. The maximum atomic E-state index is 13.4. The average Bonchev–Trinajstić information content (AvgIpc) is 3.20. The third-order valence-corrected chi connectivity index (χ3v) is 7.12. The molecular weight excluding hydrogens is 539 g/mol. The number of amides is 1. The first-order valence-corrected chi connectivity index (χ1v) is 12.9. The van der Waals surface area contributed by atoms with Crippen LogP contribution in [0.2, 0.25) is 0 Å². The van der Waals surface area contributed by atoms with Crippen LogP contribution in [0, 0.1) is 12.7 Å². The molecule has 0 atom stereocenters. The maximum Gasteiger partial charge on any atom is 0.336 e. The number of para-hydroxylation sites is 1. The first-order valence-electron chi connectivity index (χ1n) is 12.9. The van der Waals surface area contributed by atoms with Crippen molar-refractivity contribution in [1.29, 1.82) is 0 Å². The van der Waals surface area contributed by atoms with Crippen molar-refractivity contribution in [3.05, 3.63) is 71.2 Å². The predicted molar refractivity (Wildman–Crippen MR) is 144 cm³/mol. The normalized spacial score (nSPS) is 15.0. The van der Waals surface area contributed by atoms with Gasteiger partial charge in [-0.25, -0.2) is 9.18 Å². The van der Waals surface area contributed by atoms with Gasteiger partial charge in [0.25, 0.3) is 0 Å². The van der Waals surface area contributed by atoms with Crippen LogP contribution >= 0.6 is 0 Å². The lowest BCUT2D eigenvalue weighted by atomic mass is 9.80. The number of fused-ring (bicyclic) bond motifs is 1. The van der Waals surface area contributed by atoms with E-state index in [1.54, 1.807) is 12.1 Å². The Bertz CT molecular complexity index is 1390. The smallest absolute Gasteiger partial charge is 0.336 e. The summed E-state index contributed by atoms with van der Waals surface area (Å²) in [5.41, 5.74) is -0.112. The number of likely N-dealkylation sites (tertiary alicyclic amines) is 1. The van der Waals surface area contributed by atoms with E-state index in [-0.39, 0.29) is 11.7 Å². The molecule has 0 unspecified atom stereocenters. The molecule has 3 aromatic rings. The lowest BCUT2D eigenvalue weighted by Gasteiger charge is -2.42. The quantitative estimate of drug-likeness (QED) is 0.256. The molecule has 11 nitrogen and oxygen atoms in total. The van der Waals surface area contributed by atoms with Gasteiger partial charge in [0.15, 0.2) is 5.60 Å². The molecule has 1 amide bonds. The summed E-state index contributed by atoms with van der Waals surface area (Å²) >= 11 is 0. The molecule has 2 heterocycles. The van der Waals surface area contributed by atoms with E-state index in [0.717, 1.165) is 54.8 Å². The van der Waals surface area contributed by atoms with Gasteiger partial charge in [-0.15, -0.1) is 0 Å². The van der Waals surface area contributed by atoms with Gasteiger partial charge in [0.2, 0.25) is 5.91 Å². The molecule has 0 spiro atoms. The van der Waals surface area contributed by atoms with E-state index in [2.05, 4.69) is 23.2 Å². The van der Waals surface area contributed by atoms with Crippen molar-refractivity contribution in [2.24, 2.45) is 0 Å². The number of carbonyl (C=O) groups is 4. The number of benzene rings is 2. The van der Waals surface area contributed by atoms with Gasteiger partial charge in [-0.05, 0) is 49.1 Å². The first kappa shape index (κ1) is 31.2. The number of piperidine rings is 1. The van der Waals surface area contributed by atoms with E-state index in [4.69, 9.17) is 24.8 Å². The number of aliphatic carboxylic acids is 3. The molecule has 1 saturated heterocycles. The molecule has 12 heteroatoms. The third-order valence-electron chi connectivity index (χ3n) is 7.12. The minimum absolute atomic E-state index is 0.0640. The Hall–Kier alpha value is -4.29. The third kappa shape index (κ3) is 7.89. The number of aliphatic hydroxyl groups is 1. The van der Waals surface area contributed by atoms with Crippen molar-refractivity contribution >= 4 is 34.8 Å². The molecule has 0 bridgehead atoms. The zero-order valence-electron chi connectivity index (χ0n) is 22.7. The van der Waals surface area contributed by atoms with Crippen molar-refractivity contribution in [3.63, 3.8) is 0 Å². The van der Waals surface area contributed by atoms with Crippen molar-refractivity contribution < 1.29 is 48.4 Å². The van der Waals surface area contributed by atoms with Gasteiger partial charge in [0, 0.05) is 25.4 Å². The summed E-state index contributed by atoms with van der Waals surface area (Å²) in [6.07, 6.45) is -0.738. The Morgan fingerprint density at radius 1 is 0.976 bits per heavy atom. The van der Waals surface area contributed by atoms with Crippen molar-refractivity contribution in [2.45, 2.75) is 57.2 Å². The van der Waals surface area contributed by atoms with Crippen LogP contribution in [0.1, 0.15) is 49.5 Å². The fourth-order valence-electron chi connectivity index (χ4n) is 4.98. The Morgan fingerprint density at radius 3 is 2.02 bits per heavy atom. The summed E-state index contributed by atoms with van der Waals surface area (Å²) in [6, 6.07) is 14.6. The molecule has 0 aliphatic carbocycles. The Morgan fingerprint density at radius 2 is 1.54 bits per heavy atom. The summed E-state index contributed by atoms with van der Waals surface area (Å²) in [7, 11) is 0. The highest BCUT2D eigenvalue weighted by Crippen LogP contribution is 2.35. The summed E-state index contributed by atoms with van der Waals surface area (Å²) in [5.74, 6) is -4.35. The highest BCUT2D eigenvalue weighted by Gasteiger charge is 2.41. The van der Waals surface area contributed by atoms with Crippen molar-refractivity contribution in [1.82, 2.24) is 10.2 Å². The van der Waals surface area contributed by atoms with E-state index in [1.807, 2.05) is 18.2 Å². The minimum Gasteiger partial charge on any atom is -0.481 e. The Balaban J connectivity index is 0.000000302. The number of halogens is 1. The van der Waals surface area contributed by atoms with Crippen LogP contribution < -0.4 is 5.32 Å². The second kappa shape index (κ2) is 12.9. The summed E-state index contributed by atoms with van der Waals surface area (Å²) < 4.78 is 19.4. The fraction of sp³-hybridized carbons (Fsp3) is 0.379. The molecule has 1 aliphatic rings. The van der Waals surface area contributed by atoms with Gasteiger partial charge in [-0.3, -0.25) is 19.3 Å². The second-order valence-electron chi connectivity index (χ2n) is 10.2. The molecule has 5 N–H and O–H groups in total. The van der Waals surface area contributed by atoms with Crippen LogP contribution in [0.3, 0.4) is 0 Å². The Labute approximate surface area is 235 Å². The molecule has 0 saturated carbocycles. The maximum absolute atomic E-state index is 13.4. The van der Waals surface area contributed by atoms with Gasteiger partial charge in [-0.1, -0.05) is 30.3 Å². The van der Waals surface area contributed by atoms with Gasteiger partial charge < -0.3 is 30.2 Å². The number of carbonyl (C=O) groups excluding carboxylic acids is 1. The number of carboxylic acid groups (broad SMARTS) is 3. The number of hydrogen-bond acceptors (Lipinski definition) is 7. The topological polar surface area (TPSA) is 178 Å². The molecule has 4 rings (SSSR count). The molecule has 220 valence electrons. The van der Waals surface area contributed by atoms with E-state index < -0.39 is 41.9 Å². The highest BCUT2D eigenvalue weighted by atomic mass is 19.1. The lowest BCUT2D eigenvalue weighted by molar-refractivity contribution is -0.170. The molecule has 2 aromatic carbocycles. The van der Waals surface area contributed by atoms with Crippen molar-refractivity contribution in [2.75, 3.05) is 13.1 Å². The summed E-state index contributed by atoms with van der Waals surface area (Å²) in [5, 5.41) is 38.1. The van der Waals surface area contributed by atoms with Gasteiger partial charge in [0.1, 0.15) is 17.2 Å². The number of nitrogens with zero attached hydrogens (tertiary/aromatic N) is 1. The highest BCUT2D eigenvalue weighted by molar-refractivity contribution is 5.88. The van der Waals surface area contributed by atoms with E-state index in [0.29, 0.717) is 0 Å². The number of hydrogen-bond donors (Lipinski definition) is 5. The van der Waals surface area contributed by atoms with Crippen LogP contribution in [0.5, 0.6) is 0 Å². The van der Waals surface area contributed by atoms with E-state index >= 15 is 0 Å². The number of aryl methyl sites for hydroxylation is 1. The summed E-state index contributed by atoms with van der Waals surface area (Å²) in [4.78, 5) is 44.7. The van der Waals surface area contributed by atoms with Crippen LogP contribution in [-0.2, 0) is 31.3 Å².